The Kier molecular flexibility index (Phi) is 4.54. The van der Waals surface area contributed by atoms with Crippen LogP contribution in [0.3, 0.4) is 0 Å². The first kappa shape index (κ1) is 14.4. The van der Waals surface area contributed by atoms with Crippen LogP contribution in [0.25, 0.3) is 0 Å². The lowest BCUT2D eigenvalue weighted by molar-refractivity contribution is 0.0515. The summed E-state index contributed by atoms with van der Waals surface area (Å²) in [5.74, 6) is -0.584. The van der Waals surface area contributed by atoms with Gasteiger partial charge >= 0.3 is 0 Å². The number of halogens is 2. The zero-order valence-corrected chi connectivity index (χ0v) is 12.4. The van der Waals surface area contributed by atoms with Gasteiger partial charge in [0.1, 0.15) is 5.82 Å². The van der Waals surface area contributed by atoms with Crippen LogP contribution in [0.2, 0.25) is 0 Å². The normalized spacial score (nSPS) is 20.6. The third-order valence-corrected chi connectivity index (χ3v) is 4.03. The zero-order valence-electron chi connectivity index (χ0n) is 10.8. The van der Waals surface area contributed by atoms with Crippen molar-refractivity contribution in [1.82, 2.24) is 9.80 Å². The first-order valence-corrected chi connectivity index (χ1v) is 6.97. The lowest BCUT2D eigenvalue weighted by atomic mass is 10.1. The number of benzene rings is 1. The molecule has 1 heterocycles. The van der Waals surface area contributed by atoms with Crippen LogP contribution in [-0.4, -0.2) is 55.0 Å². The first-order valence-electron chi connectivity index (χ1n) is 6.17. The molecule has 4 nitrogen and oxygen atoms in total. The van der Waals surface area contributed by atoms with E-state index in [0.717, 1.165) is 13.1 Å². The quantitative estimate of drug-likeness (QED) is 0.889. The summed E-state index contributed by atoms with van der Waals surface area (Å²) in [5, 5.41) is 0. The molecule has 1 amide bonds. The van der Waals surface area contributed by atoms with E-state index in [1.807, 2.05) is 7.05 Å². The molecule has 1 aromatic carbocycles. The Bertz CT molecular complexity index is 483. The fourth-order valence-corrected chi connectivity index (χ4v) is 2.52. The molecule has 0 aromatic heterocycles. The molecule has 0 spiro atoms. The summed E-state index contributed by atoms with van der Waals surface area (Å²) in [7, 11) is 2.00. The van der Waals surface area contributed by atoms with Gasteiger partial charge in [0, 0.05) is 31.7 Å². The van der Waals surface area contributed by atoms with E-state index in [2.05, 4.69) is 20.8 Å². The van der Waals surface area contributed by atoms with Crippen molar-refractivity contribution >= 4 is 21.8 Å². The first-order chi connectivity index (χ1) is 9.02. The number of rotatable bonds is 2. The smallest absolute Gasteiger partial charge is 0.254 e. The molecule has 0 saturated carbocycles. The molecule has 1 aliphatic heterocycles. The van der Waals surface area contributed by atoms with Crippen LogP contribution >= 0.6 is 15.9 Å². The predicted octanol–water partition coefficient (Wildman–Crippen LogP) is 1.30. The minimum Gasteiger partial charge on any atom is -0.332 e. The van der Waals surface area contributed by atoms with Crippen molar-refractivity contribution in [2.45, 2.75) is 6.04 Å². The van der Waals surface area contributed by atoms with Crippen molar-refractivity contribution in [2.24, 2.45) is 5.73 Å². The molecule has 2 rings (SSSR count). The van der Waals surface area contributed by atoms with E-state index in [1.165, 1.54) is 6.07 Å². The van der Waals surface area contributed by atoms with Gasteiger partial charge in [-0.25, -0.2) is 4.39 Å². The van der Waals surface area contributed by atoms with E-state index in [0.29, 0.717) is 23.1 Å². The maximum atomic E-state index is 13.5. The van der Waals surface area contributed by atoms with Crippen LogP contribution < -0.4 is 5.73 Å². The highest BCUT2D eigenvalue weighted by Gasteiger charge is 2.28. The van der Waals surface area contributed by atoms with Crippen LogP contribution in [0.15, 0.2) is 22.7 Å². The second-order valence-electron chi connectivity index (χ2n) is 4.78. The molecule has 1 saturated heterocycles. The molecule has 104 valence electrons. The Balaban J connectivity index is 2.20. The zero-order chi connectivity index (χ0) is 14.0. The molecule has 19 heavy (non-hydrogen) atoms. The molecule has 6 heteroatoms. The summed E-state index contributed by atoms with van der Waals surface area (Å²) in [6, 6.07) is 4.42. The minimum absolute atomic E-state index is 0.0158. The van der Waals surface area contributed by atoms with Crippen LogP contribution in [0.4, 0.5) is 4.39 Å². The van der Waals surface area contributed by atoms with Gasteiger partial charge in [-0.1, -0.05) is 0 Å². The van der Waals surface area contributed by atoms with Gasteiger partial charge < -0.3 is 15.5 Å². The van der Waals surface area contributed by atoms with Crippen LogP contribution in [0, 0.1) is 5.82 Å². The second kappa shape index (κ2) is 5.98. The lowest BCUT2D eigenvalue weighted by Gasteiger charge is -2.39. The van der Waals surface area contributed by atoms with Gasteiger partial charge in [0.05, 0.1) is 10.5 Å². The number of nitrogens with two attached hydrogens (primary N) is 1. The second-order valence-corrected chi connectivity index (χ2v) is 5.63. The standard InChI is InChI=1S/C13H17BrFN3O/c1-17-4-5-18(10(7-16)8-17)13(19)9-2-3-11(14)12(15)6-9/h2-3,6,10H,4-5,7-8,16H2,1H3. The molecule has 1 aromatic rings. The van der Waals surface area contributed by atoms with Gasteiger partial charge in [0.2, 0.25) is 0 Å². The average molecular weight is 330 g/mol. The number of likely N-dealkylation sites (N-methyl/N-ethyl adjacent to an activating group) is 1. The highest BCUT2D eigenvalue weighted by atomic mass is 79.9. The van der Waals surface area contributed by atoms with Gasteiger partial charge in [-0.2, -0.15) is 0 Å². The number of amides is 1. The topological polar surface area (TPSA) is 49.6 Å². The van der Waals surface area contributed by atoms with E-state index in [-0.39, 0.29) is 11.9 Å². The fourth-order valence-electron chi connectivity index (χ4n) is 2.27. The van der Waals surface area contributed by atoms with E-state index >= 15 is 0 Å². The van der Waals surface area contributed by atoms with E-state index < -0.39 is 5.82 Å². The Hall–Kier alpha value is -0.980. The van der Waals surface area contributed by atoms with Crippen molar-refractivity contribution in [3.05, 3.63) is 34.1 Å². The molecule has 2 N–H and O–H groups in total. The average Bonchev–Trinajstić information content (AvgIpc) is 2.41. The van der Waals surface area contributed by atoms with E-state index in [1.54, 1.807) is 17.0 Å². The molecule has 0 aliphatic carbocycles. The van der Waals surface area contributed by atoms with Gasteiger partial charge in [0.15, 0.2) is 0 Å². The van der Waals surface area contributed by atoms with Crippen molar-refractivity contribution in [1.29, 1.82) is 0 Å². The number of carbonyl (C=O) groups excluding carboxylic acids is 1. The van der Waals surface area contributed by atoms with Gasteiger partial charge in [-0.15, -0.1) is 0 Å². The summed E-state index contributed by atoms with van der Waals surface area (Å²) >= 11 is 3.08. The highest BCUT2D eigenvalue weighted by molar-refractivity contribution is 9.10. The molecule has 1 aliphatic rings. The van der Waals surface area contributed by atoms with Gasteiger partial charge in [-0.3, -0.25) is 4.79 Å². The molecular formula is C13H17BrFN3O. The van der Waals surface area contributed by atoms with Crippen molar-refractivity contribution < 1.29 is 9.18 Å². The Morgan fingerprint density at radius 1 is 1.53 bits per heavy atom. The van der Waals surface area contributed by atoms with Crippen LogP contribution in [0.5, 0.6) is 0 Å². The Morgan fingerprint density at radius 2 is 2.26 bits per heavy atom. The third kappa shape index (κ3) is 3.13. The molecule has 1 unspecified atom stereocenters. The fraction of sp³-hybridized carbons (Fsp3) is 0.462. The molecular weight excluding hydrogens is 313 g/mol. The summed E-state index contributed by atoms with van der Waals surface area (Å²) in [6.07, 6.45) is 0. The molecule has 0 bridgehead atoms. The summed E-state index contributed by atoms with van der Waals surface area (Å²) in [4.78, 5) is 16.3. The lowest BCUT2D eigenvalue weighted by Crippen LogP contribution is -2.56. The summed E-state index contributed by atoms with van der Waals surface area (Å²) < 4.78 is 13.9. The SMILES string of the molecule is CN1CCN(C(=O)c2ccc(Br)c(F)c2)C(CN)C1. The van der Waals surface area contributed by atoms with E-state index in [4.69, 9.17) is 5.73 Å². The largest absolute Gasteiger partial charge is 0.332 e. The van der Waals surface area contributed by atoms with E-state index in [9.17, 15) is 9.18 Å². The highest BCUT2D eigenvalue weighted by Crippen LogP contribution is 2.19. The van der Waals surface area contributed by atoms with Crippen LogP contribution in [0.1, 0.15) is 10.4 Å². The Labute approximate surface area is 120 Å². The number of piperazine rings is 1. The molecule has 1 fully saturated rings. The Morgan fingerprint density at radius 3 is 2.89 bits per heavy atom. The van der Waals surface area contributed by atoms with Gasteiger partial charge in [-0.05, 0) is 41.2 Å². The van der Waals surface area contributed by atoms with Crippen molar-refractivity contribution in [3.8, 4) is 0 Å². The molecule has 1 atom stereocenters. The number of nitrogens with zero attached hydrogens (tertiary/aromatic N) is 2. The van der Waals surface area contributed by atoms with Gasteiger partial charge in [0.25, 0.3) is 5.91 Å². The summed E-state index contributed by atoms with van der Waals surface area (Å²) in [5.41, 5.74) is 6.09. The third-order valence-electron chi connectivity index (χ3n) is 3.39. The monoisotopic (exact) mass is 329 g/mol. The predicted molar refractivity (Wildman–Crippen MR) is 75.5 cm³/mol. The number of hydrogen-bond acceptors (Lipinski definition) is 3. The summed E-state index contributed by atoms with van der Waals surface area (Å²) in [6.45, 7) is 2.59. The van der Waals surface area contributed by atoms with Crippen LogP contribution in [-0.2, 0) is 0 Å². The number of hydrogen-bond donors (Lipinski definition) is 1. The van der Waals surface area contributed by atoms with Crippen molar-refractivity contribution in [3.63, 3.8) is 0 Å². The maximum Gasteiger partial charge on any atom is 0.254 e. The molecule has 0 radical (unpaired) electrons. The van der Waals surface area contributed by atoms with Crippen molar-refractivity contribution in [2.75, 3.05) is 33.2 Å². The number of carbonyl (C=O) groups is 1. The minimum atomic E-state index is -0.427. The maximum absolute atomic E-state index is 13.5.